The Morgan fingerprint density at radius 1 is 1.38 bits per heavy atom. The van der Waals surface area contributed by atoms with Gasteiger partial charge in [-0.15, -0.1) is 0 Å². The number of H-pyrrole nitrogens is 1. The Labute approximate surface area is 149 Å². The molecule has 0 fully saturated rings. The Bertz CT molecular complexity index is 946. The zero-order valence-corrected chi connectivity index (χ0v) is 14.6. The minimum atomic E-state index is -0.473. The van der Waals surface area contributed by atoms with Gasteiger partial charge in [0.1, 0.15) is 18.3 Å². The number of anilines is 1. The number of nitrogens with zero attached hydrogens (tertiary/aromatic N) is 4. The first-order valence-corrected chi connectivity index (χ1v) is 7.97. The summed E-state index contributed by atoms with van der Waals surface area (Å²) in [5, 5.41) is 6.84. The van der Waals surface area contributed by atoms with E-state index in [1.54, 1.807) is 25.3 Å². The van der Waals surface area contributed by atoms with E-state index in [1.807, 2.05) is 6.92 Å². The first kappa shape index (κ1) is 17.3. The molecular formula is C17H18N6O3. The third-order valence-corrected chi connectivity index (χ3v) is 3.97. The van der Waals surface area contributed by atoms with Crippen molar-refractivity contribution in [2.45, 2.75) is 20.3 Å². The smallest absolute Gasteiger partial charge is 0.339 e. The van der Waals surface area contributed by atoms with Crippen LogP contribution in [0.1, 0.15) is 39.0 Å². The first-order chi connectivity index (χ1) is 12.6. The Morgan fingerprint density at radius 2 is 2.19 bits per heavy atom. The van der Waals surface area contributed by atoms with Crippen molar-refractivity contribution in [2.24, 2.45) is 0 Å². The fraction of sp³-hybridized carbons (Fsp3) is 0.235. The summed E-state index contributed by atoms with van der Waals surface area (Å²) in [6, 6.07) is 3.41. The second kappa shape index (κ2) is 7.18. The molecule has 0 atom stereocenters. The van der Waals surface area contributed by atoms with Crippen molar-refractivity contribution in [1.82, 2.24) is 24.7 Å². The number of hydrogen-bond donors (Lipinski definition) is 2. The number of esters is 1. The number of nitrogens with one attached hydrogen (secondary N) is 2. The molecule has 0 spiro atoms. The van der Waals surface area contributed by atoms with E-state index in [2.05, 4.69) is 25.4 Å². The molecule has 3 aromatic heterocycles. The minimum absolute atomic E-state index is 0.302. The normalized spacial score (nSPS) is 10.6. The number of methoxy groups -OCH3 is 1. The van der Waals surface area contributed by atoms with Crippen molar-refractivity contribution in [1.29, 1.82) is 0 Å². The standard InChI is InChI=1S/C17H18N6O3/c1-4-11-13(17(25)26-3)10(2)14(21-11)16(24)22-12-6-5-7-19-15(12)23-9-18-8-20-23/h5-9,21H,4H2,1-3H3,(H,22,24). The van der Waals surface area contributed by atoms with Gasteiger partial charge in [0, 0.05) is 11.9 Å². The van der Waals surface area contributed by atoms with Gasteiger partial charge in [-0.2, -0.15) is 5.10 Å². The Kier molecular flexibility index (Phi) is 4.78. The molecule has 9 heteroatoms. The molecule has 1 amide bonds. The number of hydrogen-bond acceptors (Lipinski definition) is 6. The predicted molar refractivity (Wildman–Crippen MR) is 93.4 cm³/mol. The molecule has 134 valence electrons. The van der Waals surface area contributed by atoms with Crippen LogP contribution in [0.2, 0.25) is 0 Å². The van der Waals surface area contributed by atoms with Crippen LogP contribution in [-0.2, 0) is 11.2 Å². The minimum Gasteiger partial charge on any atom is -0.465 e. The van der Waals surface area contributed by atoms with Crippen molar-refractivity contribution in [3.05, 3.63) is 53.5 Å². The number of aromatic amines is 1. The van der Waals surface area contributed by atoms with E-state index in [0.717, 1.165) is 0 Å². The summed E-state index contributed by atoms with van der Waals surface area (Å²) >= 11 is 0. The summed E-state index contributed by atoms with van der Waals surface area (Å²) in [6.45, 7) is 3.60. The number of carbonyl (C=O) groups is 2. The van der Waals surface area contributed by atoms with Gasteiger partial charge >= 0.3 is 5.97 Å². The number of carbonyl (C=O) groups excluding carboxylic acids is 2. The number of rotatable bonds is 5. The summed E-state index contributed by atoms with van der Waals surface area (Å²) in [4.78, 5) is 35.9. The monoisotopic (exact) mass is 354 g/mol. The highest BCUT2D eigenvalue weighted by Gasteiger charge is 2.24. The largest absolute Gasteiger partial charge is 0.465 e. The van der Waals surface area contributed by atoms with Gasteiger partial charge in [-0.3, -0.25) is 4.79 Å². The molecular weight excluding hydrogens is 336 g/mol. The highest BCUT2D eigenvalue weighted by atomic mass is 16.5. The summed E-state index contributed by atoms with van der Waals surface area (Å²) in [5.74, 6) is -0.424. The van der Waals surface area contributed by atoms with Gasteiger partial charge in [0.2, 0.25) is 0 Å². The zero-order valence-electron chi connectivity index (χ0n) is 14.6. The maximum atomic E-state index is 12.8. The number of aromatic nitrogens is 5. The van der Waals surface area contributed by atoms with Crippen LogP contribution in [0.4, 0.5) is 5.69 Å². The van der Waals surface area contributed by atoms with Crippen LogP contribution in [0.3, 0.4) is 0 Å². The Balaban J connectivity index is 1.95. The van der Waals surface area contributed by atoms with Gasteiger partial charge in [-0.05, 0) is 31.0 Å². The van der Waals surface area contributed by atoms with E-state index in [4.69, 9.17) is 4.74 Å². The number of ether oxygens (including phenoxy) is 1. The van der Waals surface area contributed by atoms with E-state index in [1.165, 1.54) is 24.4 Å². The van der Waals surface area contributed by atoms with Crippen LogP contribution in [0.5, 0.6) is 0 Å². The van der Waals surface area contributed by atoms with E-state index < -0.39 is 5.97 Å². The molecule has 0 aromatic carbocycles. The highest BCUT2D eigenvalue weighted by molar-refractivity contribution is 6.07. The van der Waals surface area contributed by atoms with Crippen LogP contribution in [0, 0.1) is 6.92 Å². The summed E-state index contributed by atoms with van der Waals surface area (Å²) < 4.78 is 6.27. The Morgan fingerprint density at radius 3 is 2.85 bits per heavy atom. The molecule has 0 saturated heterocycles. The van der Waals surface area contributed by atoms with E-state index in [0.29, 0.717) is 40.4 Å². The molecule has 2 N–H and O–H groups in total. The quantitative estimate of drug-likeness (QED) is 0.676. The summed E-state index contributed by atoms with van der Waals surface area (Å²) in [6.07, 6.45) is 5.03. The van der Waals surface area contributed by atoms with Crippen LogP contribution in [0.25, 0.3) is 5.82 Å². The van der Waals surface area contributed by atoms with Crippen LogP contribution < -0.4 is 5.32 Å². The molecule has 0 unspecified atom stereocenters. The lowest BCUT2D eigenvalue weighted by Crippen LogP contribution is -2.16. The van der Waals surface area contributed by atoms with Crippen molar-refractivity contribution in [2.75, 3.05) is 12.4 Å². The lowest BCUT2D eigenvalue weighted by Gasteiger charge is -2.09. The highest BCUT2D eigenvalue weighted by Crippen LogP contribution is 2.22. The van der Waals surface area contributed by atoms with E-state index in [9.17, 15) is 9.59 Å². The van der Waals surface area contributed by atoms with Gasteiger partial charge in [0.15, 0.2) is 5.82 Å². The molecule has 26 heavy (non-hydrogen) atoms. The topological polar surface area (TPSA) is 115 Å². The second-order valence-electron chi connectivity index (χ2n) is 5.49. The summed E-state index contributed by atoms with van der Waals surface area (Å²) in [7, 11) is 1.31. The molecule has 3 rings (SSSR count). The van der Waals surface area contributed by atoms with Crippen molar-refractivity contribution in [3.8, 4) is 5.82 Å². The van der Waals surface area contributed by atoms with Crippen LogP contribution >= 0.6 is 0 Å². The SMILES string of the molecule is CCc1[nH]c(C(=O)Nc2cccnc2-n2cncn2)c(C)c1C(=O)OC. The van der Waals surface area contributed by atoms with Crippen molar-refractivity contribution in [3.63, 3.8) is 0 Å². The molecule has 0 saturated carbocycles. The van der Waals surface area contributed by atoms with Gasteiger partial charge in [-0.1, -0.05) is 6.92 Å². The summed E-state index contributed by atoms with van der Waals surface area (Å²) in [5.41, 5.74) is 2.35. The third kappa shape index (κ3) is 3.06. The second-order valence-corrected chi connectivity index (χ2v) is 5.49. The third-order valence-electron chi connectivity index (χ3n) is 3.97. The lowest BCUT2D eigenvalue weighted by molar-refractivity contribution is 0.0599. The molecule has 3 aromatic rings. The first-order valence-electron chi connectivity index (χ1n) is 7.97. The molecule has 0 aliphatic heterocycles. The Hall–Kier alpha value is -3.49. The van der Waals surface area contributed by atoms with Crippen LogP contribution in [-0.4, -0.2) is 43.7 Å². The average molecular weight is 354 g/mol. The average Bonchev–Trinajstić information content (AvgIpc) is 3.29. The molecule has 0 aliphatic rings. The number of pyridine rings is 1. The maximum Gasteiger partial charge on any atom is 0.339 e. The molecule has 3 heterocycles. The molecule has 0 aliphatic carbocycles. The van der Waals surface area contributed by atoms with Crippen LogP contribution in [0.15, 0.2) is 31.0 Å². The molecule has 9 nitrogen and oxygen atoms in total. The maximum absolute atomic E-state index is 12.8. The lowest BCUT2D eigenvalue weighted by atomic mass is 10.1. The molecule has 0 radical (unpaired) electrons. The van der Waals surface area contributed by atoms with Gasteiger partial charge in [0.25, 0.3) is 5.91 Å². The zero-order chi connectivity index (χ0) is 18.7. The van der Waals surface area contributed by atoms with E-state index in [-0.39, 0.29) is 5.91 Å². The van der Waals surface area contributed by atoms with E-state index >= 15 is 0 Å². The van der Waals surface area contributed by atoms with Gasteiger partial charge in [-0.25, -0.2) is 19.4 Å². The van der Waals surface area contributed by atoms with Gasteiger partial charge in [0.05, 0.1) is 18.4 Å². The number of aryl methyl sites for hydroxylation is 1. The van der Waals surface area contributed by atoms with Crippen molar-refractivity contribution < 1.29 is 14.3 Å². The predicted octanol–water partition coefficient (Wildman–Crippen LogP) is 1.90. The fourth-order valence-electron chi connectivity index (χ4n) is 2.71. The number of amides is 1. The fourth-order valence-corrected chi connectivity index (χ4v) is 2.71. The van der Waals surface area contributed by atoms with Gasteiger partial charge < -0.3 is 15.0 Å². The van der Waals surface area contributed by atoms with Crippen molar-refractivity contribution >= 4 is 17.6 Å². The molecule has 0 bridgehead atoms.